The van der Waals surface area contributed by atoms with Gasteiger partial charge in [-0.25, -0.2) is 0 Å². The summed E-state index contributed by atoms with van der Waals surface area (Å²) in [6.45, 7) is 6.78. The zero-order chi connectivity index (χ0) is 29.2. The molecule has 0 fully saturated rings. The van der Waals surface area contributed by atoms with Gasteiger partial charge in [-0.2, -0.15) is 5.21 Å². The summed E-state index contributed by atoms with van der Waals surface area (Å²) in [5, 5.41) is 27.0. The lowest BCUT2D eigenvalue weighted by Gasteiger charge is -2.34. The van der Waals surface area contributed by atoms with Gasteiger partial charge in [-0.05, 0) is 58.4 Å². The first-order valence-corrected chi connectivity index (χ1v) is 14.1. The summed E-state index contributed by atoms with van der Waals surface area (Å²) in [4.78, 5) is 28.6. The van der Waals surface area contributed by atoms with Crippen LogP contribution in [0, 0.1) is 5.92 Å². The summed E-state index contributed by atoms with van der Waals surface area (Å²) in [5.41, 5.74) is 4.79. The third-order valence-corrected chi connectivity index (χ3v) is 7.08. The molecule has 0 saturated heterocycles. The number of nitrogens with zero attached hydrogens (tertiary/aromatic N) is 4. The molecule has 0 saturated carbocycles. The number of aromatic amines is 1. The highest BCUT2D eigenvalue weighted by Gasteiger charge is 2.32. The van der Waals surface area contributed by atoms with E-state index in [1.807, 2.05) is 74.5 Å². The first kappa shape index (κ1) is 29.5. The van der Waals surface area contributed by atoms with Crippen LogP contribution in [0.25, 0.3) is 22.5 Å². The zero-order valence-electron chi connectivity index (χ0n) is 23.9. The van der Waals surface area contributed by atoms with Crippen molar-refractivity contribution in [2.45, 2.75) is 59.0 Å². The van der Waals surface area contributed by atoms with E-state index >= 15 is 0 Å². The van der Waals surface area contributed by atoms with Crippen molar-refractivity contribution in [1.82, 2.24) is 30.8 Å². The molecule has 2 amide bonds. The minimum atomic E-state index is -0.599. The summed E-state index contributed by atoms with van der Waals surface area (Å²) < 4.78 is 0. The van der Waals surface area contributed by atoms with E-state index in [0.29, 0.717) is 31.8 Å². The maximum absolute atomic E-state index is 13.5. The van der Waals surface area contributed by atoms with Gasteiger partial charge in [0.25, 0.3) is 0 Å². The van der Waals surface area contributed by atoms with Crippen LogP contribution in [0.4, 0.5) is 0 Å². The number of unbranched alkanes of at least 4 members (excludes halogenated alkanes) is 1. The van der Waals surface area contributed by atoms with Gasteiger partial charge in [-0.15, -0.1) is 10.2 Å². The van der Waals surface area contributed by atoms with Crippen LogP contribution in [0.3, 0.4) is 0 Å². The Labute approximate surface area is 241 Å². The van der Waals surface area contributed by atoms with Gasteiger partial charge < -0.3 is 15.3 Å². The maximum Gasteiger partial charge on any atom is 0.243 e. The predicted octanol–water partition coefficient (Wildman–Crippen LogP) is 5.14. The summed E-state index contributed by atoms with van der Waals surface area (Å²) in [6.07, 6.45) is 2.71. The average molecular weight is 555 g/mol. The number of nitrogens with one attached hydrogen (secondary N) is 2. The van der Waals surface area contributed by atoms with Gasteiger partial charge in [-0.3, -0.25) is 9.59 Å². The van der Waals surface area contributed by atoms with Crippen molar-refractivity contribution in [3.05, 3.63) is 83.9 Å². The Balaban J connectivity index is 1.52. The molecule has 0 bridgehead atoms. The van der Waals surface area contributed by atoms with E-state index in [2.05, 4.69) is 32.9 Å². The number of aromatic hydroxyl groups is 1. The normalized spacial score (nSPS) is 11.8. The number of phenolic OH excluding ortho intramolecular Hbond substituents is 1. The number of rotatable bonds is 13. The maximum atomic E-state index is 13.5. The highest BCUT2D eigenvalue weighted by Crippen LogP contribution is 2.30. The Morgan fingerprint density at radius 2 is 1.63 bits per heavy atom. The quantitative estimate of drug-likeness (QED) is 0.210. The zero-order valence-corrected chi connectivity index (χ0v) is 23.9. The van der Waals surface area contributed by atoms with Gasteiger partial charge in [0, 0.05) is 25.1 Å². The van der Waals surface area contributed by atoms with Crippen LogP contribution in [-0.2, 0) is 22.6 Å². The SMILES string of the molecule is CCCCC(=O)N(Cc1ccc(-c2ccccc2-c2nn[nH]n2)cc1)C(C(=O)NCCc1ccc(O)cc1)C(C)C. The average Bonchev–Trinajstić information content (AvgIpc) is 3.52. The first-order chi connectivity index (χ1) is 19.9. The van der Waals surface area contributed by atoms with E-state index in [1.165, 1.54) is 0 Å². The van der Waals surface area contributed by atoms with Crippen LogP contribution in [-0.4, -0.2) is 55.0 Å². The molecule has 41 heavy (non-hydrogen) atoms. The predicted molar refractivity (Wildman–Crippen MR) is 159 cm³/mol. The van der Waals surface area contributed by atoms with Gasteiger partial charge in [0.05, 0.1) is 0 Å². The number of carbonyl (C=O) groups excluding carboxylic acids is 2. The molecule has 4 rings (SSSR count). The Morgan fingerprint density at radius 1 is 0.951 bits per heavy atom. The number of benzene rings is 3. The van der Waals surface area contributed by atoms with Crippen molar-refractivity contribution in [2.75, 3.05) is 6.54 Å². The molecule has 0 aliphatic rings. The number of tetrazole rings is 1. The molecule has 9 nitrogen and oxygen atoms in total. The molecule has 1 atom stereocenters. The number of aromatic nitrogens is 4. The number of hydrogen-bond donors (Lipinski definition) is 3. The lowest BCUT2D eigenvalue weighted by atomic mass is 9.97. The van der Waals surface area contributed by atoms with Gasteiger partial charge in [0.2, 0.25) is 17.6 Å². The van der Waals surface area contributed by atoms with Crippen molar-refractivity contribution in [1.29, 1.82) is 0 Å². The van der Waals surface area contributed by atoms with Gasteiger partial charge in [0.15, 0.2) is 0 Å². The molecule has 0 radical (unpaired) electrons. The molecule has 1 unspecified atom stereocenters. The smallest absolute Gasteiger partial charge is 0.243 e. The fourth-order valence-electron chi connectivity index (χ4n) is 4.91. The summed E-state index contributed by atoms with van der Waals surface area (Å²) >= 11 is 0. The summed E-state index contributed by atoms with van der Waals surface area (Å²) in [5.74, 6) is 0.479. The fourth-order valence-corrected chi connectivity index (χ4v) is 4.91. The molecule has 3 aromatic carbocycles. The molecule has 1 aromatic heterocycles. The van der Waals surface area contributed by atoms with E-state index in [1.54, 1.807) is 17.0 Å². The van der Waals surface area contributed by atoms with Crippen LogP contribution in [0.1, 0.15) is 51.2 Å². The second-order valence-electron chi connectivity index (χ2n) is 10.5. The van der Waals surface area contributed by atoms with Crippen molar-refractivity contribution in [3.8, 4) is 28.3 Å². The van der Waals surface area contributed by atoms with E-state index in [0.717, 1.165) is 40.7 Å². The molecule has 0 aliphatic heterocycles. The third kappa shape index (κ3) is 7.78. The summed E-state index contributed by atoms with van der Waals surface area (Å²) in [7, 11) is 0. The lowest BCUT2D eigenvalue weighted by molar-refractivity contribution is -0.143. The van der Waals surface area contributed by atoms with Crippen molar-refractivity contribution in [3.63, 3.8) is 0 Å². The Hall–Kier alpha value is -4.53. The van der Waals surface area contributed by atoms with Crippen LogP contribution >= 0.6 is 0 Å². The largest absolute Gasteiger partial charge is 0.508 e. The van der Waals surface area contributed by atoms with E-state index in [9.17, 15) is 14.7 Å². The van der Waals surface area contributed by atoms with Gasteiger partial charge in [0.1, 0.15) is 11.8 Å². The fraction of sp³-hybridized carbons (Fsp3) is 0.344. The molecule has 9 heteroatoms. The molecule has 0 aliphatic carbocycles. The van der Waals surface area contributed by atoms with Gasteiger partial charge >= 0.3 is 0 Å². The van der Waals surface area contributed by atoms with E-state index in [4.69, 9.17) is 0 Å². The first-order valence-electron chi connectivity index (χ1n) is 14.1. The van der Waals surface area contributed by atoms with Crippen molar-refractivity contribution >= 4 is 11.8 Å². The molecular formula is C32H38N6O3. The highest BCUT2D eigenvalue weighted by atomic mass is 16.3. The van der Waals surface area contributed by atoms with Crippen LogP contribution < -0.4 is 5.32 Å². The number of carbonyl (C=O) groups is 2. The molecule has 0 spiro atoms. The van der Waals surface area contributed by atoms with Crippen LogP contribution in [0.15, 0.2) is 72.8 Å². The van der Waals surface area contributed by atoms with Crippen LogP contribution in [0.2, 0.25) is 0 Å². The Bertz CT molecular complexity index is 1400. The molecule has 214 valence electrons. The number of H-pyrrole nitrogens is 1. The lowest BCUT2D eigenvalue weighted by Crippen LogP contribution is -2.52. The van der Waals surface area contributed by atoms with Crippen molar-refractivity contribution in [2.24, 2.45) is 5.92 Å². The van der Waals surface area contributed by atoms with Crippen molar-refractivity contribution < 1.29 is 14.7 Å². The molecule has 1 heterocycles. The number of hydrogen-bond acceptors (Lipinski definition) is 6. The number of phenols is 1. The van der Waals surface area contributed by atoms with E-state index in [-0.39, 0.29) is 23.5 Å². The Morgan fingerprint density at radius 3 is 2.27 bits per heavy atom. The minimum Gasteiger partial charge on any atom is -0.508 e. The van der Waals surface area contributed by atoms with Gasteiger partial charge in [-0.1, -0.05) is 87.9 Å². The second kappa shape index (κ2) is 14.2. The third-order valence-electron chi connectivity index (χ3n) is 7.08. The standard InChI is InChI=1S/C32H38N6O3/c1-4-5-10-29(40)38(30(22(2)3)32(41)33-20-19-23-13-17-26(39)18-14-23)21-24-11-15-25(16-12-24)27-8-6-7-9-28(27)31-34-36-37-35-31/h6-9,11-18,22,30,39H,4-5,10,19-21H2,1-3H3,(H,33,41)(H,34,35,36,37). The molecule has 4 aromatic rings. The highest BCUT2D eigenvalue weighted by molar-refractivity contribution is 5.88. The van der Waals surface area contributed by atoms with E-state index < -0.39 is 6.04 Å². The summed E-state index contributed by atoms with van der Waals surface area (Å²) in [6, 6.07) is 22.3. The number of amides is 2. The molecule has 3 N–H and O–H groups in total. The topological polar surface area (TPSA) is 124 Å². The van der Waals surface area contributed by atoms with Crippen LogP contribution in [0.5, 0.6) is 5.75 Å². The Kier molecular flexibility index (Phi) is 10.2. The minimum absolute atomic E-state index is 0.0224. The molecular weight excluding hydrogens is 516 g/mol. The second-order valence-corrected chi connectivity index (χ2v) is 10.5. The monoisotopic (exact) mass is 554 g/mol.